The normalized spacial score (nSPS) is 9.85. The minimum Gasteiger partial charge on any atom is -0.496 e. The molecule has 0 saturated carbocycles. The van der Waals surface area contributed by atoms with Crippen molar-refractivity contribution in [1.82, 2.24) is 10.3 Å². The average Bonchev–Trinajstić information content (AvgIpc) is 2.49. The Morgan fingerprint density at radius 2 is 2.00 bits per heavy atom. The van der Waals surface area contributed by atoms with Crippen molar-refractivity contribution in [1.29, 1.82) is 0 Å². The number of rotatable bonds is 5. The zero-order valence-corrected chi connectivity index (χ0v) is 11.3. The number of benzene rings is 1. The number of amides is 2. The molecule has 0 aliphatic heterocycles. The number of para-hydroxylation sites is 1. The first kappa shape index (κ1) is 13.9. The van der Waals surface area contributed by atoms with Crippen molar-refractivity contribution in [2.24, 2.45) is 0 Å². The van der Waals surface area contributed by atoms with E-state index < -0.39 is 0 Å². The number of anilines is 1. The van der Waals surface area contributed by atoms with Gasteiger partial charge in [-0.2, -0.15) is 0 Å². The van der Waals surface area contributed by atoms with Crippen LogP contribution in [0.3, 0.4) is 0 Å². The van der Waals surface area contributed by atoms with Gasteiger partial charge in [-0.15, -0.1) is 0 Å². The predicted octanol–water partition coefficient (Wildman–Crippen LogP) is 2.45. The molecule has 20 heavy (non-hydrogen) atoms. The van der Waals surface area contributed by atoms with Gasteiger partial charge >= 0.3 is 6.03 Å². The highest BCUT2D eigenvalue weighted by molar-refractivity contribution is 5.88. The Morgan fingerprint density at radius 1 is 1.20 bits per heavy atom. The molecule has 1 heterocycles. The number of nitrogens with zero attached hydrogens (tertiary/aromatic N) is 1. The largest absolute Gasteiger partial charge is 0.496 e. The number of pyridine rings is 1. The van der Waals surface area contributed by atoms with E-state index in [2.05, 4.69) is 15.6 Å². The van der Waals surface area contributed by atoms with Crippen LogP contribution in [0.4, 0.5) is 10.6 Å². The van der Waals surface area contributed by atoms with Gasteiger partial charge < -0.3 is 10.1 Å². The summed E-state index contributed by atoms with van der Waals surface area (Å²) in [5.74, 6) is 1.36. The molecule has 5 nitrogen and oxygen atoms in total. The minimum atomic E-state index is -0.265. The van der Waals surface area contributed by atoms with Gasteiger partial charge in [-0.3, -0.25) is 5.32 Å². The first-order chi connectivity index (χ1) is 9.79. The standard InChI is InChI=1S/C15H17N3O2/c1-20-13-7-3-2-6-12(13)9-11-17-15(19)18-14-8-4-5-10-16-14/h2-8,10H,9,11H2,1H3,(H2,16,17,18,19). The van der Waals surface area contributed by atoms with Crippen LogP contribution < -0.4 is 15.4 Å². The lowest BCUT2D eigenvalue weighted by Crippen LogP contribution is -2.30. The zero-order valence-electron chi connectivity index (χ0n) is 11.3. The smallest absolute Gasteiger partial charge is 0.320 e. The third-order valence-electron chi connectivity index (χ3n) is 2.78. The molecular formula is C15H17N3O2. The molecule has 0 radical (unpaired) electrons. The summed E-state index contributed by atoms with van der Waals surface area (Å²) < 4.78 is 5.26. The third kappa shape index (κ3) is 3.98. The average molecular weight is 271 g/mol. The van der Waals surface area contributed by atoms with E-state index in [-0.39, 0.29) is 6.03 Å². The fourth-order valence-corrected chi connectivity index (χ4v) is 1.82. The highest BCUT2D eigenvalue weighted by Gasteiger charge is 2.04. The number of hydrogen-bond donors (Lipinski definition) is 2. The fraction of sp³-hybridized carbons (Fsp3) is 0.200. The van der Waals surface area contributed by atoms with Crippen molar-refractivity contribution in [3.05, 3.63) is 54.2 Å². The molecule has 5 heteroatoms. The van der Waals surface area contributed by atoms with Gasteiger partial charge in [-0.25, -0.2) is 9.78 Å². The van der Waals surface area contributed by atoms with Crippen LogP contribution in [0, 0.1) is 0 Å². The van der Waals surface area contributed by atoms with Gasteiger partial charge in [0.25, 0.3) is 0 Å². The van der Waals surface area contributed by atoms with Crippen molar-refractivity contribution in [2.75, 3.05) is 19.0 Å². The molecule has 2 aromatic rings. The summed E-state index contributed by atoms with van der Waals surface area (Å²) in [6, 6.07) is 12.8. The maximum Gasteiger partial charge on any atom is 0.320 e. The van der Waals surface area contributed by atoms with Crippen LogP contribution in [0.1, 0.15) is 5.56 Å². The molecule has 1 aromatic heterocycles. The molecule has 1 aromatic carbocycles. The number of nitrogens with one attached hydrogen (secondary N) is 2. The van der Waals surface area contributed by atoms with Gasteiger partial charge in [-0.05, 0) is 30.2 Å². The number of carbonyl (C=O) groups is 1. The molecule has 2 rings (SSSR count). The second-order valence-corrected chi connectivity index (χ2v) is 4.16. The van der Waals surface area contributed by atoms with Crippen molar-refractivity contribution in [2.45, 2.75) is 6.42 Å². The summed E-state index contributed by atoms with van der Waals surface area (Å²) >= 11 is 0. The van der Waals surface area contributed by atoms with Crippen molar-refractivity contribution >= 4 is 11.8 Å². The van der Waals surface area contributed by atoms with Gasteiger partial charge in [0.15, 0.2) is 0 Å². The molecular weight excluding hydrogens is 254 g/mol. The molecule has 2 amide bonds. The monoisotopic (exact) mass is 271 g/mol. The predicted molar refractivity (Wildman–Crippen MR) is 78.0 cm³/mol. The van der Waals surface area contributed by atoms with Crippen LogP contribution in [0.5, 0.6) is 5.75 Å². The summed E-state index contributed by atoms with van der Waals surface area (Å²) in [4.78, 5) is 15.7. The number of carbonyl (C=O) groups excluding carboxylic acids is 1. The van der Waals surface area contributed by atoms with Crippen molar-refractivity contribution in [3.8, 4) is 5.75 Å². The number of aromatic nitrogens is 1. The van der Waals surface area contributed by atoms with Crippen LogP contribution in [0.25, 0.3) is 0 Å². The number of hydrogen-bond acceptors (Lipinski definition) is 3. The Hall–Kier alpha value is -2.56. The first-order valence-electron chi connectivity index (χ1n) is 6.37. The SMILES string of the molecule is COc1ccccc1CCNC(=O)Nc1ccccn1. The minimum absolute atomic E-state index is 0.265. The maximum absolute atomic E-state index is 11.7. The van der Waals surface area contributed by atoms with Gasteiger partial charge in [-0.1, -0.05) is 24.3 Å². The van der Waals surface area contributed by atoms with Crippen molar-refractivity contribution in [3.63, 3.8) is 0 Å². The summed E-state index contributed by atoms with van der Waals surface area (Å²) in [6.45, 7) is 0.527. The van der Waals surface area contributed by atoms with E-state index in [1.54, 1.807) is 25.4 Å². The Balaban J connectivity index is 1.79. The third-order valence-corrected chi connectivity index (χ3v) is 2.78. The molecule has 0 fully saturated rings. The molecule has 0 aliphatic carbocycles. The summed E-state index contributed by atoms with van der Waals surface area (Å²) in [5, 5.41) is 5.45. The Labute approximate surface area is 118 Å². The number of methoxy groups -OCH3 is 1. The lowest BCUT2D eigenvalue weighted by atomic mass is 10.1. The lowest BCUT2D eigenvalue weighted by molar-refractivity contribution is 0.252. The van der Waals surface area contributed by atoms with E-state index in [0.717, 1.165) is 11.3 Å². The molecule has 0 aliphatic rings. The van der Waals surface area contributed by atoms with E-state index in [1.165, 1.54) is 0 Å². The Bertz CT molecular complexity index is 558. The first-order valence-corrected chi connectivity index (χ1v) is 6.37. The molecule has 0 unspecified atom stereocenters. The van der Waals surface area contributed by atoms with Gasteiger partial charge in [0.2, 0.25) is 0 Å². The van der Waals surface area contributed by atoms with E-state index in [0.29, 0.717) is 18.8 Å². The quantitative estimate of drug-likeness (QED) is 0.878. The van der Waals surface area contributed by atoms with Crippen LogP contribution in [0.2, 0.25) is 0 Å². The summed E-state index contributed by atoms with van der Waals surface area (Å²) in [6.07, 6.45) is 2.34. The topological polar surface area (TPSA) is 63.2 Å². The Morgan fingerprint density at radius 3 is 2.75 bits per heavy atom. The molecule has 0 saturated heterocycles. The molecule has 0 bridgehead atoms. The van der Waals surface area contributed by atoms with E-state index in [4.69, 9.17) is 4.74 Å². The van der Waals surface area contributed by atoms with Gasteiger partial charge in [0, 0.05) is 12.7 Å². The maximum atomic E-state index is 11.7. The second-order valence-electron chi connectivity index (χ2n) is 4.16. The number of urea groups is 1. The highest BCUT2D eigenvalue weighted by atomic mass is 16.5. The molecule has 0 spiro atoms. The van der Waals surface area contributed by atoms with Gasteiger partial charge in [0.05, 0.1) is 7.11 Å². The molecule has 2 N–H and O–H groups in total. The fourth-order valence-electron chi connectivity index (χ4n) is 1.82. The van der Waals surface area contributed by atoms with E-state index >= 15 is 0 Å². The van der Waals surface area contributed by atoms with Crippen LogP contribution >= 0.6 is 0 Å². The summed E-state index contributed by atoms with van der Waals surface area (Å²) in [5.41, 5.74) is 1.06. The second kappa shape index (κ2) is 7.13. The molecule has 104 valence electrons. The lowest BCUT2D eigenvalue weighted by Gasteiger charge is -2.09. The van der Waals surface area contributed by atoms with Gasteiger partial charge in [0.1, 0.15) is 11.6 Å². The van der Waals surface area contributed by atoms with Crippen LogP contribution in [-0.2, 0) is 6.42 Å². The summed E-state index contributed by atoms with van der Waals surface area (Å²) in [7, 11) is 1.64. The zero-order chi connectivity index (χ0) is 14.2. The molecule has 0 atom stereocenters. The van der Waals surface area contributed by atoms with Crippen molar-refractivity contribution < 1.29 is 9.53 Å². The number of ether oxygens (including phenoxy) is 1. The van der Waals surface area contributed by atoms with Crippen LogP contribution in [-0.4, -0.2) is 24.7 Å². The van der Waals surface area contributed by atoms with E-state index in [1.807, 2.05) is 30.3 Å². The highest BCUT2D eigenvalue weighted by Crippen LogP contribution is 2.17. The van der Waals surface area contributed by atoms with E-state index in [9.17, 15) is 4.79 Å². The van der Waals surface area contributed by atoms with Crippen LogP contribution in [0.15, 0.2) is 48.7 Å². The Kier molecular flexibility index (Phi) is 4.94.